The second-order valence-corrected chi connectivity index (χ2v) is 4.89. The van der Waals surface area contributed by atoms with Gasteiger partial charge in [0.2, 0.25) is 0 Å². The van der Waals surface area contributed by atoms with Gasteiger partial charge in [-0.05, 0) is 36.8 Å². The minimum Gasteiger partial charge on any atom is -0.504 e. The smallest absolute Gasteiger partial charge is 0.168 e. The van der Waals surface area contributed by atoms with E-state index in [0.29, 0.717) is 29.0 Å². The van der Waals surface area contributed by atoms with Crippen molar-refractivity contribution < 1.29 is 14.6 Å². The van der Waals surface area contributed by atoms with Gasteiger partial charge in [0, 0.05) is 6.54 Å². The fraction of sp³-hybridized carbons (Fsp3) is 0.188. The van der Waals surface area contributed by atoms with E-state index in [9.17, 15) is 14.6 Å². The highest BCUT2D eigenvalue weighted by molar-refractivity contribution is 5.82. The number of para-hydroxylation sites is 1. The van der Waals surface area contributed by atoms with Crippen LogP contribution in [0.5, 0.6) is 11.5 Å². The highest BCUT2D eigenvalue weighted by atomic mass is 19.1. The SMILES string of the molecule is CCCn1c(-c2cccc(O)c2O)nc2ccc(F)cc21. The number of benzene rings is 2. The minimum atomic E-state index is -0.327. The van der Waals surface area contributed by atoms with Crippen molar-refractivity contribution in [3.63, 3.8) is 0 Å². The van der Waals surface area contributed by atoms with Crippen LogP contribution in [0, 0.1) is 5.82 Å². The topological polar surface area (TPSA) is 58.3 Å². The van der Waals surface area contributed by atoms with Crippen LogP contribution in [0.15, 0.2) is 36.4 Å². The van der Waals surface area contributed by atoms with Crippen molar-refractivity contribution in [1.29, 1.82) is 0 Å². The molecule has 0 aliphatic heterocycles. The number of imidazole rings is 1. The highest BCUT2D eigenvalue weighted by Gasteiger charge is 2.17. The summed E-state index contributed by atoms with van der Waals surface area (Å²) >= 11 is 0. The molecule has 3 rings (SSSR count). The quantitative estimate of drug-likeness (QED) is 0.722. The van der Waals surface area contributed by atoms with E-state index >= 15 is 0 Å². The van der Waals surface area contributed by atoms with E-state index in [1.165, 1.54) is 18.2 Å². The zero-order chi connectivity index (χ0) is 15.0. The summed E-state index contributed by atoms with van der Waals surface area (Å²) in [4.78, 5) is 4.47. The first-order valence-electron chi connectivity index (χ1n) is 6.79. The molecule has 0 unspecified atom stereocenters. The minimum absolute atomic E-state index is 0.200. The van der Waals surface area contributed by atoms with E-state index in [4.69, 9.17) is 0 Å². The summed E-state index contributed by atoms with van der Waals surface area (Å²) in [6.45, 7) is 2.65. The van der Waals surface area contributed by atoms with Crippen molar-refractivity contribution in [3.8, 4) is 22.9 Å². The number of hydrogen-bond donors (Lipinski definition) is 2. The molecule has 21 heavy (non-hydrogen) atoms. The average molecular weight is 286 g/mol. The van der Waals surface area contributed by atoms with Gasteiger partial charge < -0.3 is 14.8 Å². The summed E-state index contributed by atoms with van der Waals surface area (Å²) in [5, 5.41) is 19.7. The predicted octanol–water partition coefficient (Wildman–Crippen LogP) is 3.66. The van der Waals surface area contributed by atoms with E-state index in [0.717, 1.165) is 6.42 Å². The summed E-state index contributed by atoms with van der Waals surface area (Å²) in [7, 11) is 0. The number of phenols is 2. The van der Waals surface area contributed by atoms with Crippen molar-refractivity contribution in [2.75, 3.05) is 0 Å². The van der Waals surface area contributed by atoms with E-state index in [-0.39, 0.29) is 17.3 Å². The molecule has 0 amide bonds. The molecule has 1 heterocycles. The number of hydrogen-bond acceptors (Lipinski definition) is 3. The molecule has 0 saturated heterocycles. The fourth-order valence-corrected chi connectivity index (χ4v) is 2.46. The van der Waals surface area contributed by atoms with Crippen LogP contribution in [0.4, 0.5) is 4.39 Å². The zero-order valence-electron chi connectivity index (χ0n) is 11.5. The number of phenolic OH excluding ortho intramolecular Hbond substituents is 2. The van der Waals surface area contributed by atoms with E-state index in [1.807, 2.05) is 11.5 Å². The molecular formula is C16H15FN2O2. The molecule has 1 aromatic heterocycles. The van der Waals surface area contributed by atoms with Crippen molar-refractivity contribution in [2.45, 2.75) is 19.9 Å². The Balaban J connectivity index is 2.31. The normalized spacial score (nSPS) is 11.1. The van der Waals surface area contributed by atoms with Crippen molar-refractivity contribution in [1.82, 2.24) is 9.55 Å². The monoisotopic (exact) mass is 286 g/mol. The summed E-state index contributed by atoms with van der Waals surface area (Å²) in [6, 6.07) is 9.13. The number of rotatable bonds is 3. The Morgan fingerprint density at radius 1 is 1.19 bits per heavy atom. The Kier molecular flexibility index (Phi) is 3.25. The fourth-order valence-electron chi connectivity index (χ4n) is 2.46. The number of aromatic nitrogens is 2. The molecule has 2 aromatic carbocycles. The van der Waals surface area contributed by atoms with Gasteiger partial charge in [-0.15, -0.1) is 0 Å². The second-order valence-electron chi connectivity index (χ2n) is 4.89. The number of nitrogens with zero attached hydrogens (tertiary/aromatic N) is 2. The Bertz CT molecular complexity index is 811. The van der Waals surface area contributed by atoms with Crippen LogP contribution >= 0.6 is 0 Å². The number of aryl methyl sites for hydroxylation is 1. The Hall–Kier alpha value is -2.56. The molecular weight excluding hydrogens is 271 g/mol. The maximum absolute atomic E-state index is 13.5. The lowest BCUT2D eigenvalue weighted by Crippen LogP contribution is -2.00. The third kappa shape index (κ3) is 2.20. The molecule has 0 radical (unpaired) electrons. The molecule has 0 saturated carbocycles. The first-order chi connectivity index (χ1) is 10.1. The molecule has 0 aliphatic carbocycles. The summed E-state index contributed by atoms with van der Waals surface area (Å²) < 4.78 is 15.3. The van der Waals surface area contributed by atoms with Crippen molar-refractivity contribution in [3.05, 3.63) is 42.2 Å². The molecule has 4 nitrogen and oxygen atoms in total. The maximum Gasteiger partial charge on any atom is 0.168 e. The molecule has 5 heteroatoms. The Labute approximate surface area is 121 Å². The van der Waals surface area contributed by atoms with Crippen LogP contribution in [0.1, 0.15) is 13.3 Å². The third-order valence-electron chi connectivity index (χ3n) is 3.41. The van der Waals surface area contributed by atoms with Crippen LogP contribution in [-0.4, -0.2) is 19.8 Å². The van der Waals surface area contributed by atoms with Crippen LogP contribution in [0.25, 0.3) is 22.4 Å². The number of fused-ring (bicyclic) bond motifs is 1. The zero-order valence-corrected chi connectivity index (χ0v) is 11.5. The number of halogens is 1. The molecule has 3 aromatic rings. The van der Waals surface area contributed by atoms with E-state index in [1.54, 1.807) is 18.2 Å². The predicted molar refractivity (Wildman–Crippen MR) is 78.7 cm³/mol. The van der Waals surface area contributed by atoms with Crippen molar-refractivity contribution in [2.24, 2.45) is 0 Å². The van der Waals surface area contributed by atoms with Crippen LogP contribution in [0.2, 0.25) is 0 Å². The molecule has 0 fully saturated rings. The van der Waals surface area contributed by atoms with Gasteiger partial charge in [0.05, 0.1) is 16.6 Å². The summed E-state index contributed by atoms with van der Waals surface area (Å²) in [5.74, 6) is -0.225. The van der Waals surface area contributed by atoms with Crippen LogP contribution in [0.3, 0.4) is 0 Å². The maximum atomic E-state index is 13.5. The summed E-state index contributed by atoms with van der Waals surface area (Å²) in [5.41, 5.74) is 1.76. The first-order valence-corrected chi connectivity index (χ1v) is 6.79. The van der Waals surface area contributed by atoms with Crippen LogP contribution in [-0.2, 0) is 6.54 Å². The average Bonchev–Trinajstić information content (AvgIpc) is 2.81. The first kappa shape index (κ1) is 13.4. The van der Waals surface area contributed by atoms with Gasteiger partial charge in [-0.1, -0.05) is 13.0 Å². The lowest BCUT2D eigenvalue weighted by Gasteiger charge is -2.09. The van der Waals surface area contributed by atoms with E-state index in [2.05, 4.69) is 4.98 Å². The third-order valence-corrected chi connectivity index (χ3v) is 3.41. The largest absolute Gasteiger partial charge is 0.504 e. The lowest BCUT2D eigenvalue weighted by atomic mass is 10.1. The molecule has 0 spiro atoms. The molecule has 0 bridgehead atoms. The Morgan fingerprint density at radius 3 is 2.76 bits per heavy atom. The summed E-state index contributed by atoms with van der Waals surface area (Å²) in [6.07, 6.45) is 0.842. The van der Waals surface area contributed by atoms with Gasteiger partial charge in [0.25, 0.3) is 0 Å². The molecule has 2 N–H and O–H groups in total. The standard InChI is InChI=1S/C16H15FN2O2/c1-2-8-19-13-9-10(17)6-7-12(13)18-16(19)11-4-3-5-14(20)15(11)21/h3-7,9,20-21H,2,8H2,1H3. The van der Waals surface area contributed by atoms with Gasteiger partial charge in [-0.2, -0.15) is 0 Å². The van der Waals surface area contributed by atoms with Gasteiger partial charge in [0.1, 0.15) is 11.6 Å². The Morgan fingerprint density at radius 2 is 2.00 bits per heavy atom. The van der Waals surface area contributed by atoms with Gasteiger partial charge in [-0.3, -0.25) is 0 Å². The van der Waals surface area contributed by atoms with Crippen molar-refractivity contribution >= 4 is 11.0 Å². The molecule has 0 aliphatic rings. The lowest BCUT2D eigenvalue weighted by molar-refractivity contribution is 0.404. The van der Waals surface area contributed by atoms with Gasteiger partial charge >= 0.3 is 0 Å². The van der Waals surface area contributed by atoms with Gasteiger partial charge in [0.15, 0.2) is 11.5 Å². The second kappa shape index (κ2) is 5.09. The van der Waals surface area contributed by atoms with Gasteiger partial charge in [-0.25, -0.2) is 9.37 Å². The van der Waals surface area contributed by atoms with Crippen LogP contribution < -0.4 is 0 Å². The number of aromatic hydroxyl groups is 2. The molecule has 0 atom stereocenters. The molecule has 108 valence electrons. The highest BCUT2D eigenvalue weighted by Crippen LogP contribution is 2.37. The van der Waals surface area contributed by atoms with E-state index < -0.39 is 0 Å².